The molecule has 1 unspecified atom stereocenters. The highest BCUT2D eigenvalue weighted by molar-refractivity contribution is 6.46. The minimum Gasteiger partial charge on any atom is -0.378 e. The van der Waals surface area contributed by atoms with E-state index < -0.39 is 22.5 Å². The first-order chi connectivity index (χ1) is 10.8. The number of hydrogen-bond acceptors (Lipinski definition) is 3. The van der Waals surface area contributed by atoms with Crippen LogP contribution in [-0.4, -0.2) is 25.1 Å². The van der Waals surface area contributed by atoms with E-state index >= 15 is 0 Å². The Balaban J connectivity index is 2.69. The lowest BCUT2D eigenvalue weighted by molar-refractivity contribution is -0.0582. The number of allylic oxidation sites excluding steroid dienone is 1. The van der Waals surface area contributed by atoms with Crippen molar-refractivity contribution >= 4 is 28.9 Å². The van der Waals surface area contributed by atoms with Crippen molar-refractivity contribution in [1.82, 2.24) is 0 Å². The van der Waals surface area contributed by atoms with Crippen LogP contribution in [-0.2, 0) is 10.3 Å². The Labute approximate surface area is 141 Å². The molecule has 1 heterocycles. The van der Waals surface area contributed by atoms with Crippen LogP contribution in [0.25, 0.3) is 0 Å². The molecule has 1 aliphatic rings. The number of aliphatic imine (C=N–C) groups is 1. The average molecular weight is 363 g/mol. The summed E-state index contributed by atoms with van der Waals surface area (Å²) in [5.74, 6) is 0. The minimum absolute atomic E-state index is 0.232. The van der Waals surface area contributed by atoms with Crippen molar-refractivity contribution in [1.29, 1.82) is 5.26 Å². The van der Waals surface area contributed by atoms with E-state index in [4.69, 9.17) is 27.9 Å². The van der Waals surface area contributed by atoms with Gasteiger partial charge in [-0.25, -0.2) is 0 Å². The normalized spacial score (nSPS) is 21.3. The predicted molar refractivity (Wildman–Crippen MR) is 81.6 cm³/mol. The fourth-order valence-electron chi connectivity index (χ4n) is 2.30. The quantitative estimate of drug-likeness (QED) is 0.785. The lowest BCUT2D eigenvalue weighted by Gasteiger charge is -2.27. The van der Waals surface area contributed by atoms with E-state index in [1.165, 1.54) is 24.3 Å². The molecule has 0 radical (unpaired) electrons. The molecule has 2 rings (SSSR count). The molecule has 1 aromatic carbocycles. The highest BCUT2D eigenvalue weighted by Gasteiger charge is 2.51. The molecule has 0 bridgehead atoms. The number of hydrogen-bond donors (Lipinski definition) is 0. The van der Waals surface area contributed by atoms with Crippen LogP contribution in [0.2, 0.25) is 5.02 Å². The number of nitrogens with zero attached hydrogens (tertiary/aromatic N) is 2. The largest absolute Gasteiger partial charge is 0.434 e. The minimum atomic E-state index is -4.76. The molecule has 0 spiro atoms. The maximum absolute atomic E-state index is 13.1. The maximum atomic E-state index is 13.1. The molecular formula is C15H11Cl2F3N2O. The topological polar surface area (TPSA) is 45.4 Å². The van der Waals surface area contributed by atoms with E-state index in [-0.39, 0.29) is 18.8 Å². The number of ether oxygens (including phenoxy) is 1. The molecule has 1 aliphatic heterocycles. The van der Waals surface area contributed by atoms with Gasteiger partial charge in [-0.05, 0) is 24.6 Å². The van der Waals surface area contributed by atoms with Crippen molar-refractivity contribution in [3.8, 4) is 6.07 Å². The second kappa shape index (κ2) is 6.52. The van der Waals surface area contributed by atoms with Gasteiger partial charge in [0.2, 0.25) is 0 Å². The van der Waals surface area contributed by atoms with Crippen molar-refractivity contribution < 1.29 is 17.9 Å². The van der Waals surface area contributed by atoms with E-state index in [1.807, 2.05) is 0 Å². The summed E-state index contributed by atoms with van der Waals surface area (Å²) in [6, 6.07) is 7.78. The van der Waals surface area contributed by atoms with Gasteiger partial charge in [0.25, 0.3) is 0 Å². The van der Waals surface area contributed by atoms with Gasteiger partial charge in [-0.15, -0.1) is 0 Å². The Kier molecular flexibility index (Phi) is 5.04. The zero-order valence-electron chi connectivity index (χ0n) is 11.9. The van der Waals surface area contributed by atoms with Crippen molar-refractivity contribution in [3.05, 3.63) is 45.5 Å². The van der Waals surface area contributed by atoms with Gasteiger partial charge in [0.1, 0.15) is 5.54 Å². The second-order valence-corrected chi connectivity index (χ2v) is 5.58. The Morgan fingerprint density at radius 3 is 2.35 bits per heavy atom. The summed E-state index contributed by atoms with van der Waals surface area (Å²) in [6.07, 6.45) is -4.76. The predicted octanol–water partition coefficient (Wildman–Crippen LogP) is 4.61. The second-order valence-electron chi connectivity index (χ2n) is 4.76. The number of halogens is 5. The standard InChI is InChI=1S/C15H11Cl2F3N2O/c1-2-23-8-14(9-3-5-10(16)6-4-9)11(7-21)12(17)13(22-14)15(18,19)20/h3-6H,2,8H2,1H3. The first-order valence-corrected chi connectivity index (χ1v) is 7.33. The summed E-state index contributed by atoms with van der Waals surface area (Å²) in [7, 11) is 0. The fraction of sp³-hybridized carbons (Fsp3) is 0.333. The molecule has 23 heavy (non-hydrogen) atoms. The van der Waals surface area contributed by atoms with Crippen LogP contribution in [0, 0.1) is 11.3 Å². The third kappa shape index (κ3) is 3.23. The van der Waals surface area contributed by atoms with Crippen molar-refractivity contribution in [2.45, 2.75) is 18.6 Å². The zero-order valence-corrected chi connectivity index (χ0v) is 13.4. The van der Waals surface area contributed by atoms with Gasteiger partial charge in [0.15, 0.2) is 5.71 Å². The SMILES string of the molecule is CCOCC1(c2ccc(Cl)cc2)N=C(C(F)(F)F)C(Cl)=C1C#N. The van der Waals surface area contributed by atoms with Gasteiger partial charge in [0.05, 0.1) is 23.3 Å². The van der Waals surface area contributed by atoms with Gasteiger partial charge in [-0.3, -0.25) is 4.99 Å². The molecule has 0 saturated carbocycles. The van der Waals surface area contributed by atoms with Gasteiger partial charge in [0, 0.05) is 11.6 Å². The number of benzene rings is 1. The molecule has 0 N–H and O–H groups in total. The van der Waals surface area contributed by atoms with Gasteiger partial charge in [-0.1, -0.05) is 35.3 Å². The first kappa shape index (κ1) is 17.8. The van der Waals surface area contributed by atoms with E-state index in [9.17, 15) is 18.4 Å². The summed E-state index contributed by atoms with van der Waals surface area (Å²) in [4.78, 5) is 3.76. The zero-order chi connectivity index (χ0) is 17.3. The van der Waals surface area contributed by atoms with Gasteiger partial charge >= 0.3 is 6.18 Å². The lowest BCUT2D eigenvalue weighted by Crippen LogP contribution is -2.31. The van der Waals surface area contributed by atoms with E-state index in [0.717, 1.165) is 0 Å². The smallest absolute Gasteiger partial charge is 0.378 e. The molecule has 122 valence electrons. The maximum Gasteiger partial charge on any atom is 0.434 e. The molecule has 0 aliphatic carbocycles. The summed E-state index contributed by atoms with van der Waals surface area (Å²) >= 11 is 11.6. The van der Waals surface area contributed by atoms with Crippen LogP contribution in [0.15, 0.2) is 39.9 Å². The highest BCUT2D eigenvalue weighted by atomic mass is 35.5. The van der Waals surface area contributed by atoms with Crippen LogP contribution in [0.1, 0.15) is 12.5 Å². The van der Waals surface area contributed by atoms with Crippen molar-refractivity contribution in [2.75, 3.05) is 13.2 Å². The molecule has 3 nitrogen and oxygen atoms in total. The Bertz CT molecular complexity index is 705. The number of nitriles is 1. The Hall–Kier alpha value is -1.55. The molecule has 0 fully saturated rings. The number of alkyl halides is 3. The van der Waals surface area contributed by atoms with Crippen LogP contribution >= 0.6 is 23.2 Å². The van der Waals surface area contributed by atoms with Gasteiger partial charge in [-0.2, -0.15) is 18.4 Å². The molecule has 1 atom stereocenters. The molecule has 0 saturated heterocycles. The van der Waals surface area contributed by atoms with E-state index in [0.29, 0.717) is 10.6 Å². The summed E-state index contributed by atoms with van der Waals surface area (Å²) in [6.45, 7) is 1.71. The van der Waals surface area contributed by atoms with Crippen molar-refractivity contribution in [2.24, 2.45) is 4.99 Å². The van der Waals surface area contributed by atoms with Crippen LogP contribution in [0.3, 0.4) is 0 Å². The average Bonchev–Trinajstić information content (AvgIpc) is 2.79. The Morgan fingerprint density at radius 2 is 1.87 bits per heavy atom. The van der Waals surface area contributed by atoms with E-state index in [2.05, 4.69) is 4.99 Å². The third-order valence-corrected chi connectivity index (χ3v) is 3.98. The van der Waals surface area contributed by atoms with E-state index in [1.54, 1.807) is 13.0 Å². The van der Waals surface area contributed by atoms with Crippen LogP contribution in [0.4, 0.5) is 13.2 Å². The number of rotatable bonds is 4. The van der Waals surface area contributed by atoms with Crippen LogP contribution < -0.4 is 0 Å². The summed E-state index contributed by atoms with van der Waals surface area (Å²) in [5, 5.41) is 9.07. The Morgan fingerprint density at radius 1 is 1.26 bits per heavy atom. The monoisotopic (exact) mass is 362 g/mol. The molecule has 8 heteroatoms. The molecule has 0 aromatic heterocycles. The molecule has 1 aromatic rings. The fourth-order valence-corrected chi connectivity index (χ4v) is 2.77. The first-order valence-electron chi connectivity index (χ1n) is 6.58. The third-order valence-electron chi connectivity index (χ3n) is 3.36. The molecular weight excluding hydrogens is 352 g/mol. The molecule has 0 amide bonds. The van der Waals surface area contributed by atoms with Gasteiger partial charge < -0.3 is 4.74 Å². The lowest BCUT2D eigenvalue weighted by atomic mass is 9.85. The van der Waals surface area contributed by atoms with Crippen molar-refractivity contribution in [3.63, 3.8) is 0 Å². The highest BCUT2D eigenvalue weighted by Crippen LogP contribution is 2.45. The van der Waals surface area contributed by atoms with Crippen LogP contribution in [0.5, 0.6) is 0 Å². The summed E-state index contributed by atoms with van der Waals surface area (Å²) < 4.78 is 44.7. The summed E-state index contributed by atoms with van der Waals surface area (Å²) in [5.41, 5.74) is -2.84.